The van der Waals surface area contributed by atoms with Crippen LogP contribution in [0, 0.1) is 11.3 Å². The highest BCUT2D eigenvalue weighted by Crippen LogP contribution is 2.37. The number of allylic oxidation sites excluding steroid dienone is 1. The first-order chi connectivity index (χ1) is 16.7. The fourth-order valence-electron chi connectivity index (χ4n) is 3.99. The maximum atomic E-state index is 12.3. The van der Waals surface area contributed by atoms with E-state index < -0.39 is 5.97 Å². The summed E-state index contributed by atoms with van der Waals surface area (Å²) in [7, 11) is 0. The molecule has 0 bridgehead atoms. The van der Waals surface area contributed by atoms with Gasteiger partial charge in [0.2, 0.25) is 0 Å². The number of cyclic esters (lactones) is 1. The molecule has 0 fully saturated rings. The van der Waals surface area contributed by atoms with Crippen molar-refractivity contribution < 1.29 is 9.53 Å². The molecule has 1 aliphatic rings. The van der Waals surface area contributed by atoms with Crippen LogP contribution in [0.1, 0.15) is 11.1 Å². The summed E-state index contributed by atoms with van der Waals surface area (Å²) in [5.74, 6) is -0.243. The number of ether oxygens (including phenoxy) is 1. The van der Waals surface area contributed by atoms with E-state index in [0.717, 1.165) is 28.2 Å². The van der Waals surface area contributed by atoms with E-state index in [1.165, 1.54) is 0 Å². The van der Waals surface area contributed by atoms with Gasteiger partial charge in [0.1, 0.15) is 17.4 Å². The maximum absolute atomic E-state index is 12.3. The first-order valence-corrected chi connectivity index (χ1v) is 10.9. The molecule has 1 heterocycles. The van der Waals surface area contributed by atoms with Gasteiger partial charge in [0, 0.05) is 22.6 Å². The molecule has 4 aromatic carbocycles. The number of carbonyl (C=O) groups is 1. The van der Waals surface area contributed by atoms with E-state index in [-0.39, 0.29) is 5.57 Å². The summed E-state index contributed by atoms with van der Waals surface area (Å²) in [5.41, 5.74) is 5.28. The Balaban J connectivity index is 1.52. The Morgan fingerprint density at radius 2 is 1.18 bits per heavy atom. The number of hydrogen-bond donors (Lipinski definition) is 0. The number of nitriles is 1. The van der Waals surface area contributed by atoms with Crippen LogP contribution in [-0.2, 0) is 9.53 Å². The van der Waals surface area contributed by atoms with Gasteiger partial charge < -0.3 is 9.64 Å². The minimum absolute atomic E-state index is 0.0217. The number of nitrogens with zero attached hydrogens (tertiary/aromatic N) is 2. The number of esters is 1. The van der Waals surface area contributed by atoms with Crippen molar-refractivity contribution >= 4 is 34.7 Å². The Labute approximate surface area is 198 Å². The lowest BCUT2D eigenvalue weighted by Crippen LogP contribution is -2.09. The van der Waals surface area contributed by atoms with E-state index in [1.807, 2.05) is 97.1 Å². The molecule has 1 aliphatic heterocycles. The second kappa shape index (κ2) is 9.32. The molecule has 0 radical (unpaired) electrons. The fourth-order valence-corrected chi connectivity index (χ4v) is 3.99. The number of benzene rings is 4. The van der Waals surface area contributed by atoms with Crippen molar-refractivity contribution in [3.63, 3.8) is 0 Å². The van der Waals surface area contributed by atoms with Gasteiger partial charge in [0.15, 0.2) is 0 Å². The van der Waals surface area contributed by atoms with Gasteiger partial charge >= 0.3 is 5.97 Å². The van der Waals surface area contributed by atoms with Crippen molar-refractivity contribution in [1.82, 2.24) is 0 Å². The molecular formula is C30H20N2O2. The van der Waals surface area contributed by atoms with E-state index in [0.29, 0.717) is 11.3 Å². The van der Waals surface area contributed by atoms with Gasteiger partial charge in [-0.3, -0.25) is 0 Å². The third-order valence-electron chi connectivity index (χ3n) is 5.56. The zero-order chi connectivity index (χ0) is 23.3. The smallest absolute Gasteiger partial charge is 0.355 e. The van der Waals surface area contributed by atoms with Crippen molar-refractivity contribution in [2.24, 2.45) is 0 Å². The van der Waals surface area contributed by atoms with Crippen molar-refractivity contribution in [3.05, 3.63) is 138 Å². The maximum Gasteiger partial charge on any atom is 0.355 e. The van der Waals surface area contributed by atoms with Crippen LogP contribution in [-0.4, -0.2) is 5.97 Å². The molecule has 4 aromatic rings. The average Bonchev–Trinajstić information content (AvgIpc) is 3.21. The number of carbonyl (C=O) groups excluding carboxylic acids is 1. The second-order valence-electron chi connectivity index (χ2n) is 7.72. The van der Waals surface area contributed by atoms with Crippen LogP contribution in [0.15, 0.2) is 127 Å². The lowest BCUT2D eigenvalue weighted by Gasteiger charge is -2.25. The molecule has 0 aromatic heterocycles. The van der Waals surface area contributed by atoms with E-state index >= 15 is 0 Å². The number of para-hydroxylation sites is 2. The Bertz CT molecular complexity index is 1380. The van der Waals surface area contributed by atoms with Crippen LogP contribution in [0.2, 0.25) is 0 Å². The molecule has 0 saturated heterocycles. The first-order valence-electron chi connectivity index (χ1n) is 10.9. The molecule has 0 aliphatic carbocycles. The molecule has 0 unspecified atom stereocenters. The minimum atomic E-state index is -0.622. The molecule has 4 heteroatoms. The van der Waals surface area contributed by atoms with Gasteiger partial charge in [-0.15, -0.1) is 0 Å². The molecule has 162 valence electrons. The zero-order valence-corrected chi connectivity index (χ0v) is 18.3. The third kappa shape index (κ3) is 4.11. The van der Waals surface area contributed by atoms with Gasteiger partial charge in [-0.1, -0.05) is 78.9 Å². The van der Waals surface area contributed by atoms with Gasteiger partial charge in [0.05, 0.1) is 0 Å². The predicted octanol–water partition coefficient (Wildman–Crippen LogP) is 7.03. The van der Waals surface area contributed by atoms with Gasteiger partial charge in [-0.2, -0.15) is 5.26 Å². The number of anilines is 3. The highest BCUT2D eigenvalue weighted by atomic mass is 16.5. The Morgan fingerprint density at radius 1 is 0.676 bits per heavy atom. The molecular weight excluding hydrogens is 420 g/mol. The lowest BCUT2D eigenvalue weighted by molar-refractivity contribution is -0.132. The van der Waals surface area contributed by atoms with Crippen LogP contribution >= 0.6 is 0 Å². The Kier molecular flexibility index (Phi) is 5.75. The Morgan fingerprint density at radius 3 is 1.71 bits per heavy atom. The summed E-state index contributed by atoms with van der Waals surface area (Å²) in [4.78, 5) is 14.5. The van der Waals surface area contributed by atoms with Crippen LogP contribution in [0.5, 0.6) is 0 Å². The second-order valence-corrected chi connectivity index (χ2v) is 7.72. The van der Waals surface area contributed by atoms with Crippen LogP contribution in [0.3, 0.4) is 0 Å². The standard InChI is InChI=1S/C30H20N2O2/c31-21-27-29(23-10-4-1-5-11-23)28(34-30(27)33)20-22-16-18-26(19-17-22)32(24-12-6-2-7-13-24)25-14-8-3-9-15-25/h1-20H. The minimum Gasteiger partial charge on any atom is -0.422 e. The molecule has 0 N–H and O–H groups in total. The predicted molar refractivity (Wildman–Crippen MR) is 134 cm³/mol. The quantitative estimate of drug-likeness (QED) is 0.313. The van der Waals surface area contributed by atoms with Crippen molar-refractivity contribution in [1.29, 1.82) is 5.26 Å². The fraction of sp³-hybridized carbons (Fsp3) is 0. The van der Waals surface area contributed by atoms with Gasteiger partial charge in [0.25, 0.3) is 0 Å². The summed E-state index contributed by atoms with van der Waals surface area (Å²) in [6.07, 6.45) is 1.80. The highest BCUT2D eigenvalue weighted by molar-refractivity contribution is 6.11. The topological polar surface area (TPSA) is 53.3 Å². The average molecular weight is 441 g/mol. The van der Waals surface area contributed by atoms with Gasteiger partial charge in [-0.25, -0.2) is 4.79 Å². The van der Waals surface area contributed by atoms with E-state index in [1.54, 1.807) is 6.08 Å². The molecule has 5 rings (SSSR count). The Hall–Kier alpha value is -4.88. The van der Waals surface area contributed by atoms with Crippen molar-refractivity contribution in [2.75, 3.05) is 4.90 Å². The summed E-state index contributed by atoms with van der Waals surface area (Å²) >= 11 is 0. The monoisotopic (exact) mass is 440 g/mol. The molecule has 34 heavy (non-hydrogen) atoms. The van der Waals surface area contributed by atoms with Crippen LogP contribution < -0.4 is 4.90 Å². The van der Waals surface area contributed by atoms with E-state index in [2.05, 4.69) is 29.2 Å². The molecule has 0 saturated carbocycles. The highest BCUT2D eigenvalue weighted by Gasteiger charge is 2.31. The summed E-state index contributed by atoms with van der Waals surface area (Å²) in [6, 6.07) is 39.7. The van der Waals surface area contributed by atoms with Crippen LogP contribution in [0.4, 0.5) is 17.1 Å². The van der Waals surface area contributed by atoms with Gasteiger partial charge in [-0.05, 0) is 53.6 Å². The third-order valence-corrected chi connectivity index (χ3v) is 5.56. The summed E-state index contributed by atoms with van der Waals surface area (Å²) in [6.45, 7) is 0. The molecule has 0 atom stereocenters. The molecule has 4 nitrogen and oxygen atoms in total. The SMILES string of the molecule is N#CC1=C(c2ccccc2)C(=Cc2ccc(N(c3ccccc3)c3ccccc3)cc2)OC1=O. The van der Waals surface area contributed by atoms with E-state index in [4.69, 9.17) is 4.74 Å². The zero-order valence-electron chi connectivity index (χ0n) is 18.3. The number of rotatable bonds is 5. The number of hydrogen-bond acceptors (Lipinski definition) is 4. The summed E-state index contributed by atoms with van der Waals surface area (Å²) in [5, 5.41) is 9.52. The molecule has 0 spiro atoms. The largest absolute Gasteiger partial charge is 0.422 e. The van der Waals surface area contributed by atoms with Crippen LogP contribution in [0.25, 0.3) is 11.6 Å². The lowest BCUT2D eigenvalue weighted by atomic mass is 9.99. The summed E-state index contributed by atoms with van der Waals surface area (Å²) < 4.78 is 5.47. The first kappa shape index (κ1) is 21.0. The normalized spacial score (nSPS) is 14.1. The van der Waals surface area contributed by atoms with Crippen molar-refractivity contribution in [3.8, 4) is 6.07 Å². The molecule has 0 amide bonds. The van der Waals surface area contributed by atoms with E-state index in [9.17, 15) is 10.1 Å². The van der Waals surface area contributed by atoms with Crippen molar-refractivity contribution in [2.45, 2.75) is 0 Å².